The number of amides is 2. The van der Waals surface area contributed by atoms with E-state index >= 15 is 0 Å². The highest BCUT2D eigenvalue weighted by Crippen LogP contribution is 2.13. The van der Waals surface area contributed by atoms with Crippen molar-refractivity contribution in [3.05, 3.63) is 29.8 Å². The van der Waals surface area contributed by atoms with E-state index in [-0.39, 0.29) is 12.0 Å². The molecule has 0 bridgehead atoms. The molecule has 0 radical (unpaired) electrons. The van der Waals surface area contributed by atoms with Gasteiger partial charge in [0.25, 0.3) is 5.91 Å². The number of piperazine rings is 1. The number of ether oxygens (including phenoxy) is 1. The van der Waals surface area contributed by atoms with E-state index in [9.17, 15) is 9.59 Å². The van der Waals surface area contributed by atoms with E-state index in [4.69, 9.17) is 9.26 Å². The van der Waals surface area contributed by atoms with E-state index in [0.717, 1.165) is 0 Å². The predicted molar refractivity (Wildman–Crippen MR) is 92.0 cm³/mol. The van der Waals surface area contributed by atoms with Crippen molar-refractivity contribution in [2.75, 3.05) is 43.0 Å². The molecular weight excluding hydrogens is 340 g/mol. The Morgan fingerprint density at radius 1 is 1.23 bits per heavy atom. The maximum atomic E-state index is 12.1. The second-order valence-electron chi connectivity index (χ2n) is 5.72. The predicted octanol–water partition coefficient (Wildman–Crippen LogP) is 1.30. The molecule has 10 heteroatoms. The van der Waals surface area contributed by atoms with Crippen molar-refractivity contribution >= 4 is 23.8 Å². The summed E-state index contributed by atoms with van der Waals surface area (Å²) < 4.78 is 9.90. The number of rotatable bonds is 4. The van der Waals surface area contributed by atoms with Crippen LogP contribution in [-0.4, -0.2) is 64.8 Å². The van der Waals surface area contributed by atoms with Crippen LogP contribution in [0.2, 0.25) is 0 Å². The van der Waals surface area contributed by atoms with Gasteiger partial charge in [0.2, 0.25) is 5.95 Å². The molecule has 1 saturated heterocycles. The van der Waals surface area contributed by atoms with Crippen LogP contribution >= 0.6 is 0 Å². The Bertz CT molecular complexity index is 767. The lowest BCUT2D eigenvalue weighted by atomic mass is 10.3. The van der Waals surface area contributed by atoms with Crippen LogP contribution in [-0.2, 0) is 4.74 Å². The summed E-state index contributed by atoms with van der Waals surface area (Å²) in [6.45, 7) is 6.16. The number of aromatic nitrogens is 3. The first kappa shape index (κ1) is 17.6. The van der Waals surface area contributed by atoms with Gasteiger partial charge < -0.3 is 24.4 Å². The maximum absolute atomic E-state index is 12.1. The van der Waals surface area contributed by atoms with Crippen LogP contribution in [0, 0.1) is 6.92 Å². The smallest absolute Gasteiger partial charge is 0.409 e. The lowest BCUT2D eigenvalue weighted by Gasteiger charge is -2.33. The molecule has 138 valence electrons. The molecule has 0 aliphatic carbocycles. The number of nitrogens with zero attached hydrogens (tertiary/aromatic N) is 5. The summed E-state index contributed by atoms with van der Waals surface area (Å²) in [6.07, 6.45) is 2.62. The van der Waals surface area contributed by atoms with Gasteiger partial charge in [-0.25, -0.2) is 14.8 Å². The number of aryl methyl sites for hydroxylation is 1. The number of hydrogen-bond acceptors (Lipinski definition) is 8. The zero-order valence-corrected chi connectivity index (χ0v) is 14.6. The summed E-state index contributed by atoms with van der Waals surface area (Å²) >= 11 is 0. The molecule has 1 N–H and O–H groups in total. The summed E-state index contributed by atoms with van der Waals surface area (Å²) in [5.41, 5.74) is 0.319. The van der Waals surface area contributed by atoms with Gasteiger partial charge in [-0.3, -0.25) is 4.79 Å². The Morgan fingerprint density at radius 2 is 1.92 bits per heavy atom. The summed E-state index contributed by atoms with van der Waals surface area (Å²) in [4.78, 5) is 36.0. The van der Waals surface area contributed by atoms with Crippen molar-refractivity contribution in [1.82, 2.24) is 20.0 Å². The number of carbonyl (C=O) groups is 2. The lowest BCUT2D eigenvalue weighted by Crippen LogP contribution is -2.49. The highest BCUT2D eigenvalue weighted by atomic mass is 16.6. The molecule has 1 aliphatic rings. The van der Waals surface area contributed by atoms with Gasteiger partial charge in [0.05, 0.1) is 12.2 Å². The van der Waals surface area contributed by atoms with Gasteiger partial charge in [-0.1, -0.05) is 5.16 Å². The first-order valence-electron chi connectivity index (χ1n) is 8.30. The van der Waals surface area contributed by atoms with Crippen molar-refractivity contribution in [2.24, 2.45) is 0 Å². The van der Waals surface area contributed by atoms with Crippen LogP contribution in [0.5, 0.6) is 0 Å². The molecule has 2 aromatic rings. The largest absolute Gasteiger partial charge is 0.450 e. The summed E-state index contributed by atoms with van der Waals surface area (Å²) in [5.74, 6) is 1.10. The normalized spacial score (nSPS) is 14.2. The van der Waals surface area contributed by atoms with Crippen molar-refractivity contribution in [3.8, 4) is 0 Å². The van der Waals surface area contributed by atoms with Crippen LogP contribution in [0.25, 0.3) is 0 Å². The Hall–Kier alpha value is -3.17. The first-order valence-corrected chi connectivity index (χ1v) is 8.30. The minimum atomic E-state index is -0.364. The van der Waals surface area contributed by atoms with Crippen molar-refractivity contribution in [2.45, 2.75) is 13.8 Å². The molecular formula is C16H20N6O4. The van der Waals surface area contributed by atoms with Gasteiger partial charge in [0.1, 0.15) is 5.76 Å². The molecule has 1 aliphatic heterocycles. The van der Waals surface area contributed by atoms with Crippen molar-refractivity contribution in [3.63, 3.8) is 0 Å². The van der Waals surface area contributed by atoms with E-state index in [1.165, 1.54) is 12.4 Å². The average Bonchev–Trinajstić information content (AvgIpc) is 3.07. The Labute approximate surface area is 150 Å². The molecule has 10 nitrogen and oxygen atoms in total. The van der Waals surface area contributed by atoms with Gasteiger partial charge in [-0.15, -0.1) is 0 Å². The lowest BCUT2D eigenvalue weighted by molar-refractivity contribution is 0.102. The van der Waals surface area contributed by atoms with Crippen LogP contribution in [0.4, 0.5) is 16.6 Å². The SMILES string of the molecule is CCOC(=O)N1CCN(c2ncc(C(=O)Nc3cc(C)on3)cn2)CC1. The second kappa shape index (κ2) is 7.81. The quantitative estimate of drug-likeness (QED) is 0.868. The molecule has 0 spiro atoms. The zero-order chi connectivity index (χ0) is 18.5. The molecule has 0 aromatic carbocycles. The topological polar surface area (TPSA) is 114 Å². The number of hydrogen-bond donors (Lipinski definition) is 1. The minimum absolute atomic E-state index is 0.303. The highest BCUT2D eigenvalue weighted by Gasteiger charge is 2.23. The third-order valence-corrected chi connectivity index (χ3v) is 3.86. The Kier molecular flexibility index (Phi) is 5.30. The molecule has 26 heavy (non-hydrogen) atoms. The molecule has 0 saturated carbocycles. The minimum Gasteiger partial charge on any atom is -0.450 e. The number of nitrogens with one attached hydrogen (secondary N) is 1. The van der Waals surface area contributed by atoms with Gasteiger partial charge in [-0.2, -0.15) is 0 Å². The van der Waals surface area contributed by atoms with E-state index < -0.39 is 0 Å². The van der Waals surface area contributed by atoms with E-state index in [2.05, 4.69) is 20.4 Å². The monoisotopic (exact) mass is 360 g/mol. The number of carbonyl (C=O) groups excluding carboxylic acids is 2. The van der Waals surface area contributed by atoms with E-state index in [0.29, 0.717) is 55.9 Å². The third kappa shape index (κ3) is 4.08. The molecule has 3 rings (SSSR count). The van der Waals surface area contributed by atoms with Crippen LogP contribution in [0.1, 0.15) is 23.0 Å². The standard InChI is InChI=1S/C16H20N6O4/c1-3-25-16(24)22-6-4-21(5-7-22)15-17-9-12(10-18-15)14(23)19-13-8-11(2)26-20-13/h8-10H,3-7H2,1-2H3,(H,19,20,23). The summed E-state index contributed by atoms with van der Waals surface area (Å²) in [7, 11) is 0. The fourth-order valence-electron chi connectivity index (χ4n) is 2.52. The Balaban J connectivity index is 1.56. The van der Waals surface area contributed by atoms with Gasteiger partial charge in [-0.05, 0) is 13.8 Å². The molecule has 1 fully saturated rings. The second-order valence-corrected chi connectivity index (χ2v) is 5.72. The number of anilines is 2. The molecule has 3 heterocycles. The molecule has 0 unspecified atom stereocenters. The third-order valence-electron chi connectivity index (χ3n) is 3.86. The zero-order valence-electron chi connectivity index (χ0n) is 14.6. The van der Waals surface area contributed by atoms with Crippen LogP contribution < -0.4 is 10.2 Å². The van der Waals surface area contributed by atoms with Gasteiger partial charge >= 0.3 is 6.09 Å². The fourth-order valence-corrected chi connectivity index (χ4v) is 2.52. The van der Waals surface area contributed by atoms with Crippen LogP contribution in [0.3, 0.4) is 0 Å². The first-order chi connectivity index (χ1) is 12.6. The van der Waals surface area contributed by atoms with Crippen molar-refractivity contribution in [1.29, 1.82) is 0 Å². The summed E-state index contributed by atoms with van der Waals surface area (Å²) in [5, 5.41) is 6.32. The summed E-state index contributed by atoms with van der Waals surface area (Å²) in [6, 6.07) is 1.62. The molecule has 2 aromatic heterocycles. The maximum Gasteiger partial charge on any atom is 0.409 e. The van der Waals surface area contributed by atoms with E-state index in [1.807, 2.05) is 4.90 Å². The molecule has 2 amide bonds. The van der Waals surface area contributed by atoms with Crippen LogP contribution in [0.15, 0.2) is 23.0 Å². The molecule has 0 atom stereocenters. The van der Waals surface area contributed by atoms with Gasteiger partial charge in [0, 0.05) is 44.6 Å². The Morgan fingerprint density at radius 3 is 2.50 bits per heavy atom. The van der Waals surface area contributed by atoms with Crippen molar-refractivity contribution < 1.29 is 18.8 Å². The van der Waals surface area contributed by atoms with Gasteiger partial charge in [0.15, 0.2) is 5.82 Å². The fraction of sp³-hybridized carbons (Fsp3) is 0.438. The average molecular weight is 360 g/mol. The van der Waals surface area contributed by atoms with E-state index in [1.54, 1.807) is 24.8 Å². The highest BCUT2D eigenvalue weighted by molar-refractivity contribution is 6.03.